The molecule has 0 radical (unpaired) electrons. The number of hydrogen-bond acceptors (Lipinski definition) is 4. The van der Waals surface area contributed by atoms with Crippen LogP contribution in [0.15, 0.2) is 0 Å². The van der Waals surface area contributed by atoms with E-state index in [1.807, 2.05) is 6.92 Å². The Balaban J connectivity index is 3.52. The number of ether oxygens (including phenoxy) is 2. The zero-order valence-electron chi connectivity index (χ0n) is 11.2. The van der Waals surface area contributed by atoms with Gasteiger partial charge in [-0.05, 0) is 19.1 Å². The highest BCUT2D eigenvalue weighted by Crippen LogP contribution is 1.83. The standard InChI is InChI=1S/C11H23N3O3S/c1-9(8-17-3)14-11(18)13-5-4-10(15)12-6-7-16-2/h9H,4-8H2,1-3H3,(H,12,15)(H2,13,14,18). The van der Waals surface area contributed by atoms with Crippen LogP contribution in [0, 0.1) is 0 Å². The van der Waals surface area contributed by atoms with Crippen molar-refractivity contribution in [2.24, 2.45) is 0 Å². The van der Waals surface area contributed by atoms with Gasteiger partial charge >= 0.3 is 0 Å². The molecule has 0 fully saturated rings. The highest BCUT2D eigenvalue weighted by Gasteiger charge is 2.04. The predicted molar refractivity (Wildman–Crippen MR) is 74.6 cm³/mol. The summed E-state index contributed by atoms with van der Waals surface area (Å²) >= 11 is 5.07. The van der Waals surface area contributed by atoms with E-state index in [9.17, 15) is 4.79 Å². The third-order valence-corrected chi connectivity index (χ3v) is 2.32. The molecule has 0 aliphatic heterocycles. The molecular weight excluding hydrogens is 254 g/mol. The number of nitrogens with one attached hydrogen (secondary N) is 3. The molecule has 0 aromatic rings. The molecule has 0 rings (SSSR count). The number of carbonyl (C=O) groups excluding carboxylic acids is 1. The van der Waals surface area contributed by atoms with Gasteiger partial charge in [0, 0.05) is 39.8 Å². The van der Waals surface area contributed by atoms with E-state index in [-0.39, 0.29) is 11.9 Å². The van der Waals surface area contributed by atoms with Crippen LogP contribution >= 0.6 is 12.2 Å². The fourth-order valence-electron chi connectivity index (χ4n) is 1.24. The van der Waals surface area contributed by atoms with Crippen molar-refractivity contribution >= 4 is 23.2 Å². The van der Waals surface area contributed by atoms with Crippen LogP contribution < -0.4 is 16.0 Å². The highest BCUT2D eigenvalue weighted by molar-refractivity contribution is 7.80. The molecule has 18 heavy (non-hydrogen) atoms. The van der Waals surface area contributed by atoms with Crippen molar-refractivity contribution in [3.63, 3.8) is 0 Å². The summed E-state index contributed by atoms with van der Waals surface area (Å²) in [6.45, 7) is 4.11. The Labute approximate surface area is 114 Å². The Morgan fingerprint density at radius 3 is 2.56 bits per heavy atom. The van der Waals surface area contributed by atoms with Crippen LogP contribution in [-0.4, -0.2) is 57.6 Å². The Bertz CT molecular complexity index is 252. The minimum atomic E-state index is -0.0210. The van der Waals surface area contributed by atoms with Crippen molar-refractivity contribution in [3.8, 4) is 0 Å². The van der Waals surface area contributed by atoms with Gasteiger partial charge in [-0.2, -0.15) is 0 Å². The number of methoxy groups -OCH3 is 2. The quantitative estimate of drug-likeness (QED) is 0.395. The summed E-state index contributed by atoms with van der Waals surface area (Å²) in [6.07, 6.45) is 0.379. The van der Waals surface area contributed by atoms with Gasteiger partial charge in [0.2, 0.25) is 5.91 Å². The zero-order valence-corrected chi connectivity index (χ0v) is 12.1. The Hall–Kier alpha value is -0.920. The maximum absolute atomic E-state index is 11.3. The summed E-state index contributed by atoms with van der Waals surface area (Å²) in [4.78, 5) is 11.3. The first-order valence-electron chi connectivity index (χ1n) is 5.89. The molecule has 0 aliphatic rings. The van der Waals surface area contributed by atoms with E-state index in [1.165, 1.54) is 0 Å². The number of carbonyl (C=O) groups is 1. The van der Waals surface area contributed by atoms with Gasteiger partial charge in [-0.15, -0.1) is 0 Å². The minimum Gasteiger partial charge on any atom is -0.383 e. The normalized spacial score (nSPS) is 11.7. The summed E-state index contributed by atoms with van der Waals surface area (Å²) in [7, 11) is 3.23. The largest absolute Gasteiger partial charge is 0.383 e. The second-order valence-corrected chi connectivity index (χ2v) is 4.26. The van der Waals surface area contributed by atoms with Gasteiger partial charge in [0.15, 0.2) is 5.11 Å². The average Bonchev–Trinajstić information content (AvgIpc) is 2.29. The summed E-state index contributed by atoms with van der Waals surface area (Å²) in [5.41, 5.74) is 0. The maximum Gasteiger partial charge on any atom is 0.221 e. The molecule has 106 valence electrons. The number of rotatable bonds is 9. The third-order valence-electron chi connectivity index (χ3n) is 2.06. The molecule has 0 spiro atoms. The van der Waals surface area contributed by atoms with Gasteiger partial charge in [-0.1, -0.05) is 0 Å². The van der Waals surface area contributed by atoms with Gasteiger partial charge in [0.1, 0.15) is 0 Å². The summed E-state index contributed by atoms with van der Waals surface area (Å²) in [5, 5.41) is 9.28. The molecule has 1 amide bonds. The van der Waals surface area contributed by atoms with Crippen LogP contribution in [-0.2, 0) is 14.3 Å². The molecule has 0 aliphatic carbocycles. The first-order valence-corrected chi connectivity index (χ1v) is 6.30. The molecule has 0 aromatic carbocycles. The van der Waals surface area contributed by atoms with Gasteiger partial charge in [0.05, 0.1) is 13.2 Å². The van der Waals surface area contributed by atoms with E-state index in [4.69, 9.17) is 21.7 Å². The average molecular weight is 277 g/mol. The van der Waals surface area contributed by atoms with E-state index in [1.54, 1.807) is 14.2 Å². The summed E-state index contributed by atoms with van der Waals surface area (Å²) < 4.78 is 9.80. The summed E-state index contributed by atoms with van der Waals surface area (Å²) in [6, 6.07) is 0.144. The van der Waals surface area contributed by atoms with Crippen LogP contribution in [0.3, 0.4) is 0 Å². The van der Waals surface area contributed by atoms with Crippen molar-refractivity contribution in [2.45, 2.75) is 19.4 Å². The molecule has 0 heterocycles. The Morgan fingerprint density at radius 2 is 1.94 bits per heavy atom. The maximum atomic E-state index is 11.3. The van der Waals surface area contributed by atoms with E-state index < -0.39 is 0 Å². The van der Waals surface area contributed by atoms with Gasteiger partial charge in [0.25, 0.3) is 0 Å². The topological polar surface area (TPSA) is 71.6 Å². The van der Waals surface area contributed by atoms with E-state index in [0.29, 0.717) is 37.8 Å². The molecule has 0 saturated carbocycles. The lowest BCUT2D eigenvalue weighted by atomic mass is 10.3. The van der Waals surface area contributed by atoms with Gasteiger partial charge < -0.3 is 25.4 Å². The van der Waals surface area contributed by atoms with Crippen LogP contribution in [0.4, 0.5) is 0 Å². The third kappa shape index (κ3) is 10.2. The molecule has 7 heteroatoms. The van der Waals surface area contributed by atoms with Crippen LogP contribution in [0.2, 0.25) is 0 Å². The molecule has 1 unspecified atom stereocenters. The molecule has 0 aromatic heterocycles. The molecule has 3 N–H and O–H groups in total. The van der Waals surface area contributed by atoms with Crippen molar-refractivity contribution < 1.29 is 14.3 Å². The molecule has 0 bridgehead atoms. The smallest absolute Gasteiger partial charge is 0.221 e. The zero-order chi connectivity index (χ0) is 13.8. The fraction of sp³-hybridized carbons (Fsp3) is 0.818. The Kier molecular flexibility index (Phi) is 10.6. The van der Waals surface area contributed by atoms with Crippen LogP contribution in [0.1, 0.15) is 13.3 Å². The number of amides is 1. The van der Waals surface area contributed by atoms with Crippen molar-refractivity contribution in [1.82, 2.24) is 16.0 Å². The first-order chi connectivity index (χ1) is 8.60. The monoisotopic (exact) mass is 277 g/mol. The first kappa shape index (κ1) is 17.1. The van der Waals surface area contributed by atoms with Gasteiger partial charge in [-0.3, -0.25) is 4.79 Å². The Morgan fingerprint density at radius 1 is 1.22 bits per heavy atom. The van der Waals surface area contributed by atoms with Crippen molar-refractivity contribution in [3.05, 3.63) is 0 Å². The van der Waals surface area contributed by atoms with Crippen LogP contribution in [0.5, 0.6) is 0 Å². The molecule has 6 nitrogen and oxygen atoms in total. The lowest BCUT2D eigenvalue weighted by Crippen LogP contribution is -2.43. The lowest BCUT2D eigenvalue weighted by Gasteiger charge is -2.15. The van der Waals surface area contributed by atoms with E-state index in [0.717, 1.165) is 0 Å². The molecule has 0 saturated heterocycles. The molecule has 1 atom stereocenters. The van der Waals surface area contributed by atoms with E-state index in [2.05, 4.69) is 16.0 Å². The predicted octanol–water partition coefficient (Wildman–Crippen LogP) is -0.362. The van der Waals surface area contributed by atoms with E-state index >= 15 is 0 Å². The van der Waals surface area contributed by atoms with Gasteiger partial charge in [-0.25, -0.2) is 0 Å². The van der Waals surface area contributed by atoms with Crippen molar-refractivity contribution in [2.75, 3.05) is 40.5 Å². The fourth-order valence-corrected chi connectivity index (χ4v) is 1.54. The van der Waals surface area contributed by atoms with Crippen LogP contribution in [0.25, 0.3) is 0 Å². The second kappa shape index (κ2) is 11.2. The van der Waals surface area contributed by atoms with Crippen molar-refractivity contribution in [1.29, 1.82) is 0 Å². The number of thiocarbonyl (C=S) groups is 1. The highest BCUT2D eigenvalue weighted by atomic mass is 32.1. The second-order valence-electron chi connectivity index (χ2n) is 3.85. The number of hydrogen-bond donors (Lipinski definition) is 3. The SMILES string of the molecule is COCCNC(=O)CCNC(=S)NC(C)COC. The minimum absolute atomic E-state index is 0.0210. The summed E-state index contributed by atoms with van der Waals surface area (Å²) in [5.74, 6) is -0.0210. The molecular formula is C11H23N3O3S. The lowest BCUT2D eigenvalue weighted by molar-refractivity contribution is -0.121.